The van der Waals surface area contributed by atoms with Gasteiger partial charge in [-0.25, -0.2) is 4.79 Å². The van der Waals surface area contributed by atoms with Gasteiger partial charge in [-0.05, 0) is 53.8 Å². The second-order valence-electron chi connectivity index (χ2n) is 7.98. The summed E-state index contributed by atoms with van der Waals surface area (Å²) in [7, 11) is 1.59. The molecule has 4 aromatic rings. The Balaban J connectivity index is 1.70. The molecule has 7 heteroatoms. The zero-order chi connectivity index (χ0) is 24.1. The minimum absolute atomic E-state index is 0.107. The molecule has 174 valence electrons. The number of ether oxygens (including phenoxy) is 1. The van der Waals surface area contributed by atoms with Crippen molar-refractivity contribution in [1.82, 2.24) is 9.88 Å². The molecule has 0 aliphatic carbocycles. The minimum Gasteiger partial charge on any atom is -0.496 e. The van der Waals surface area contributed by atoms with Gasteiger partial charge in [0, 0.05) is 16.6 Å². The molecule has 0 radical (unpaired) electrons. The van der Waals surface area contributed by atoms with E-state index in [1.807, 2.05) is 42.5 Å². The number of amides is 2. The summed E-state index contributed by atoms with van der Waals surface area (Å²) in [5, 5.41) is 4.23. The van der Waals surface area contributed by atoms with Crippen molar-refractivity contribution in [3.63, 3.8) is 0 Å². The first-order chi connectivity index (χ1) is 16.5. The molecule has 0 atom stereocenters. The van der Waals surface area contributed by atoms with Crippen molar-refractivity contribution in [3.05, 3.63) is 105 Å². The van der Waals surface area contributed by atoms with Crippen LogP contribution in [0.15, 0.2) is 77.6 Å². The Hall–Kier alpha value is -3.77. The standard InChI is InChI=1S/C27H26ClN3O3/c1-3-18-12-13-23-20(14-18)15-21(26(32)29-23)17-31(16-19-8-4-7-11-25(19)34-2)27(33)30-24-10-6-5-9-22(24)28/h4-15H,3,16-17H2,1-2H3,(H,29,32)(H,30,33). The van der Waals surface area contributed by atoms with E-state index in [2.05, 4.69) is 23.3 Å². The van der Waals surface area contributed by atoms with E-state index >= 15 is 0 Å². The number of halogens is 1. The smallest absolute Gasteiger partial charge is 0.322 e. The van der Waals surface area contributed by atoms with Crippen molar-refractivity contribution in [3.8, 4) is 5.75 Å². The highest BCUT2D eigenvalue weighted by Crippen LogP contribution is 2.24. The maximum Gasteiger partial charge on any atom is 0.322 e. The minimum atomic E-state index is -0.374. The van der Waals surface area contributed by atoms with E-state index < -0.39 is 0 Å². The van der Waals surface area contributed by atoms with Crippen LogP contribution in [0.3, 0.4) is 0 Å². The summed E-state index contributed by atoms with van der Waals surface area (Å²) in [5.41, 5.74) is 3.52. The highest BCUT2D eigenvalue weighted by atomic mass is 35.5. The molecule has 1 heterocycles. The molecule has 0 aliphatic rings. The fourth-order valence-corrected chi connectivity index (χ4v) is 4.02. The van der Waals surface area contributed by atoms with Crippen LogP contribution < -0.4 is 15.6 Å². The van der Waals surface area contributed by atoms with E-state index in [-0.39, 0.29) is 24.7 Å². The molecule has 34 heavy (non-hydrogen) atoms. The first-order valence-corrected chi connectivity index (χ1v) is 11.4. The fourth-order valence-electron chi connectivity index (χ4n) is 3.84. The van der Waals surface area contributed by atoms with Crippen LogP contribution in [0, 0.1) is 0 Å². The van der Waals surface area contributed by atoms with Crippen molar-refractivity contribution < 1.29 is 9.53 Å². The number of hydrogen-bond acceptors (Lipinski definition) is 3. The molecule has 4 rings (SSSR count). The molecule has 0 saturated carbocycles. The van der Waals surface area contributed by atoms with Gasteiger partial charge < -0.3 is 19.9 Å². The van der Waals surface area contributed by atoms with Crippen molar-refractivity contribution in [1.29, 1.82) is 0 Å². The van der Waals surface area contributed by atoms with E-state index in [0.717, 1.165) is 22.9 Å². The number of para-hydroxylation sites is 2. The molecular formula is C27H26ClN3O3. The normalized spacial score (nSPS) is 10.8. The highest BCUT2D eigenvalue weighted by Gasteiger charge is 2.19. The predicted octanol–water partition coefficient (Wildman–Crippen LogP) is 5.99. The first kappa shape index (κ1) is 23.4. The van der Waals surface area contributed by atoms with Gasteiger partial charge in [-0.3, -0.25) is 4.79 Å². The molecular weight excluding hydrogens is 450 g/mol. The van der Waals surface area contributed by atoms with E-state index in [1.165, 1.54) is 5.56 Å². The number of nitrogens with one attached hydrogen (secondary N) is 2. The third-order valence-electron chi connectivity index (χ3n) is 5.71. The number of hydrogen-bond donors (Lipinski definition) is 2. The van der Waals surface area contributed by atoms with Gasteiger partial charge in [0.15, 0.2) is 0 Å². The number of nitrogens with zero attached hydrogens (tertiary/aromatic N) is 1. The van der Waals surface area contributed by atoms with Crippen LogP contribution in [0.4, 0.5) is 10.5 Å². The zero-order valence-electron chi connectivity index (χ0n) is 19.1. The Morgan fingerprint density at radius 1 is 1.00 bits per heavy atom. The number of aromatic nitrogens is 1. The number of rotatable bonds is 7. The average Bonchev–Trinajstić information content (AvgIpc) is 2.85. The third-order valence-corrected chi connectivity index (χ3v) is 6.04. The van der Waals surface area contributed by atoms with Crippen LogP contribution in [0.1, 0.15) is 23.6 Å². The number of methoxy groups -OCH3 is 1. The lowest BCUT2D eigenvalue weighted by Gasteiger charge is -2.24. The molecule has 2 amide bonds. The van der Waals surface area contributed by atoms with Crippen molar-refractivity contribution in [2.75, 3.05) is 12.4 Å². The van der Waals surface area contributed by atoms with Gasteiger partial charge in [0.2, 0.25) is 0 Å². The Kier molecular flexibility index (Phi) is 7.18. The number of aryl methyl sites for hydroxylation is 1. The highest BCUT2D eigenvalue weighted by molar-refractivity contribution is 6.33. The monoisotopic (exact) mass is 475 g/mol. The fraction of sp³-hybridized carbons (Fsp3) is 0.185. The molecule has 1 aromatic heterocycles. The summed E-state index contributed by atoms with van der Waals surface area (Å²) in [5.74, 6) is 0.665. The van der Waals surface area contributed by atoms with Gasteiger partial charge in [-0.1, -0.05) is 54.9 Å². The van der Waals surface area contributed by atoms with Crippen LogP contribution in [0.2, 0.25) is 5.02 Å². The van der Waals surface area contributed by atoms with Crippen LogP contribution in [-0.4, -0.2) is 23.0 Å². The van der Waals surface area contributed by atoms with Crippen LogP contribution in [-0.2, 0) is 19.5 Å². The number of urea groups is 1. The van der Waals surface area contributed by atoms with Gasteiger partial charge in [0.1, 0.15) is 5.75 Å². The largest absolute Gasteiger partial charge is 0.496 e. The van der Waals surface area contributed by atoms with Gasteiger partial charge in [-0.2, -0.15) is 0 Å². The summed E-state index contributed by atoms with van der Waals surface area (Å²) in [6.45, 7) is 2.44. The molecule has 2 N–H and O–H groups in total. The van der Waals surface area contributed by atoms with Crippen molar-refractivity contribution in [2.45, 2.75) is 26.4 Å². The second kappa shape index (κ2) is 10.4. The van der Waals surface area contributed by atoms with E-state index in [9.17, 15) is 9.59 Å². The topological polar surface area (TPSA) is 74.4 Å². The number of H-pyrrole nitrogens is 1. The number of aromatic amines is 1. The number of carbonyl (C=O) groups excluding carboxylic acids is 1. The number of anilines is 1. The molecule has 0 saturated heterocycles. The Morgan fingerprint density at radius 3 is 2.50 bits per heavy atom. The van der Waals surface area contributed by atoms with Gasteiger partial charge >= 0.3 is 6.03 Å². The number of pyridine rings is 1. The Labute approximate surface area is 203 Å². The summed E-state index contributed by atoms with van der Waals surface area (Å²) >= 11 is 6.25. The summed E-state index contributed by atoms with van der Waals surface area (Å²) < 4.78 is 5.47. The molecule has 0 spiro atoms. The molecule has 6 nitrogen and oxygen atoms in total. The van der Waals surface area contributed by atoms with Crippen LogP contribution >= 0.6 is 11.6 Å². The van der Waals surface area contributed by atoms with E-state index in [1.54, 1.807) is 36.3 Å². The van der Waals surface area contributed by atoms with Crippen molar-refractivity contribution in [2.24, 2.45) is 0 Å². The first-order valence-electron chi connectivity index (χ1n) is 11.1. The number of fused-ring (bicyclic) bond motifs is 1. The lowest BCUT2D eigenvalue weighted by molar-refractivity contribution is 0.205. The van der Waals surface area contributed by atoms with Gasteiger partial charge in [-0.15, -0.1) is 0 Å². The SMILES string of the molecule is CCc1ccc2[nH]c(=O)c(CN(Cc3ccccc3OC)C(=O)Nc3ccccc3Cl)cc2c1. The Bertz CT molecular complexity index is 1380. The van der Waals surface area contributed by atoms with Crippen LogP contribution in [0.5, 0.6) is 5.75 Å². The average molecular weight is 476 g/mol. The summed E-state index contributed by atoms with van der Waals surface area (Å²) in [6, 6.07) is 22.0. The molecule has 3 aromatic carbocycles. The molecule has 0 unspecified atom stereocenters. The second-order valence-corrected chi connectivity index (χ2v) is 8.38. The molecule has 0 bridgehead atoms. The van der Waals surface area contributed by atoms with Gasteiger partial charge in [0.25, 0.3) is 5.56 Å². The zero-order valence-corrected chi connectivity index (χ0v) is 19.9. The third kappa shape index (κ3) is 5.24. The molecule has 0 aliphatic heterocycles. The number of carbonyl (C=O) groups is 1. The maximum absolute atomic E-state index is 13.4. The van der Waals surface area contributed by atoms with Gasteiger partial charge in [0.05, 0.1) is 30.9 Å². The lowest BCUT2D eigenvalue weighted by atomic mass is 10.1. The predicted molar refractivity (Wildman–Crippen MR) is 137 cm³/mol. The quantitative estimate of drug-likeness (QED) is 0.345. The summed E-state index contributed by atoms with van der Waals surface area (Å²) in [4.78, 5) is 30.7. The number of benzene rings is 3. The maximum atomic E-state index is 13.4. The molecule has 0 fully saturated rings. The van der Waals surface area contributed by atoms with E-state index in [0.29, 0.717) is 22.0 Å². The Morgan fingerprint density at radius 2 is 1.74 bits per heavy atom. The van der Waals surface area contributed by atoms with E-state index in [4.69, 9.17) is 16.3 Å². The van der Waals surface area contributed by atoms with Crippen LogP contribution in [0.25, 0.3) is 10.9 Å². The lowest BCUT2D eigenvalue weighted by Crippen LogP contribution is -2.36. The summed E-state index contributed by atoms with van der Waals surface area (Å²) in [6.07, 6.45) is 0.893. The van der Waals surface area contributed by atoms with Crippen molar-refractivity contribution >= 4 is 34.2 Å².